The zero-order chi connectivity index (χ0) is 14.9. The van der Waals surface area contributed by atoms with E-state index < -0.39 is 5.97 Å². The van der Waals surface area contributed by atoms with Crippen molar-refractivity contribution in [3.63, 3.8) is 0 Å². The van der Waals surface area contributed by atoms with Crippen molar-refractivity contribution < 1.29 is 19.7 Å². The number of aromatic hydroxyl groups is 2. The molecule has 2 aromatic rings. The molecule has 0 saturated carbocycles. The smallest absolute Gasteiger partial charge is 0.357 e. The highest BCUT2D eigenvalue weighted by molar-refractivity contribution is 5.96. The van der Waals surface area contributed by atoms with Gasteiger partial charge in [-0.1, -0.05) is 0 Å². The van der Waals surface area contributed by atoms with Crippen LogP contribution in [0.5, 0.6) is 11.5 Å². The fourth-order valence-corrected chi connectivity index (χ4v) is 1.82. The zero-order valence-corrected chi connectivity index (χ0v) is 10.5. The lowest BCUT2D eigenvalue weighted by atomic mass is 10.2. The molecule has 102 valence electrons. The van der Waals surface area contributed by atoms with Crippen LogP contribution in [0.25, 0.3) is 5.69 Å². The minimum atomic E-state index is -0.739. The lowest BCUT2D eigenvalue weighted by molar-refractivity contribution is 0.0593. The third kappa shape index (κ3) is 1.99. The van der Waals surface area contributed by atoms with Gasteiger partial charge in [-0.25, -0.2) is 4.79 Å². The average molecular weight is 273 g/mol. The zero-order valence-electron chi connectivity index (χ0n) is 10.5. The number of rotatable bonds is 2. The Hall–Kier alpha value is -3.14. The SMILES string of the molecule is COC(=O)c1c(N)c(C#N)cn1-c1ccc(O)cc1O. The van der Waals surface area contributed by atoms with Gasteiger partial charge in [-0.15, -0.1) is 0 Å². The summed E-state index contributed by atoms with van der Waals surface area (Å²) in [5.41, 5.74) is 5.91. The maximum absolute atomic E-state index is 11.8. The van der Waals surface area contributed by atoms with Crippen LogP contribution in [0.15, 0.2) is 24.4 Å². The van der Waals surface area contributed by atoms with E-state index in [-0.39, 0.29) is 34.1 Å². The average Bonchev–Trinajstić information content (AvgIpc) is 2.74. The monoisotopic (exact) mass is 273 g/mol. The molecule has 0 aliphatic carbocycles. The van der Waals surface area contributed by atoms with Gasteiger partial charge < -0.3 is 25.3 Å². The molecule has 20 heavy (non-hydrogen) atoms. The Bertz CT molecular complexity index is 728. The van der Waals surface area contributed by atoms with Crippen LogP contribution >= 0.6 is 0 Å². The Kier molecular flexibility index (Phi) is 3.23. The number of nitrogens with zero attached hydrogens (tertiary/aromatic N) is 2. The molecular formula is C13H11N3O4. The summed E-state index contributed by atoms with van der Waals surface area (Å²) >= 11 is 0. The van der Waals surface area contributed by atoms with Gasteiger partial charge in [0.1, 0.15) is 17.6 Å². The lowest BCUT2D eigenvalue weighted by Gasteiger charge is -2.10. The van der Waals surface area contributed by atoms with E-state index in [1.165, 1.54) is 30.0 Å². The number of phenols is 2. The molecule has 2 rings (SSSR count). The van der Waals surface area contributed by atoms with Gasteiger partial charge in [-0.2, -0.15) is 5.26 Å². The van der Waals surface area contributed by atoms with E-state index in [4.69, 9.17) is 11.0 Å². The molecule has 1 aromatic heterocycles. The van der Waals surface area contributed by atoms with Crippen molar-refractivity contribution in [3.05, 3.63) is 35.7 Å². The molecule has 0 amide bonds. The highest BCUT2D eigenvalue weighted by Crippen LogP contribution is 2.31. The summed E-state index contributed by atoms with van der Waals surface area (Å²) in [7, 11) is 1.18. The molecule has 4 N–H and O–H groups in total. The number of carbonyl (C=O) groups excluding carboxylic acids is 1. The van der Waals surface area contributed by atoms with Gasteiger partial charge in [0.2, 0.25) is 0 Å². The third-order valence-electron chi connectivity index (χ3n) is 2.76. The molecule has 0 saturated heterocycles. The number of nitrogen functional groups attached to an aromatic ring is 1. The summed E-state index contributed by atoms with van der Waals surface area (Å²) in [5, 5.41) is 28.1. The van der Waals surface area contributed by atoms with Crippen molar-refractivity contribution in [2.24, 2.45) is 0 Å². The number of carbonyl (C=O) groups is 1. The molecule has 1 heterocycles. The summed E-state index contributed by atoms with van der Waals surface area (Å²) in [6.45, 7) is 0. The van der Waals surface area contributed by atoms with Crippen molar-refractivity contribution in [1.29, 1.82) is 5.26 Å². The molecule has 0 spiro atoms. The van der Waals surface area contributed by atoms with Crippen LogP contribution in [0.3, 0.4) is 0 Å². The molecule has 0 bridgehead atoms. The molecule has 0 radical (unpaired) electrons. The van der Waals surface area contributed by atoms with E-state index in [1.807, 2.05) is 6.07 Å². The van der Waals surface area contributed by atoms with E-state index >= 15 is 0 Å². The van der Waals surface area contributed by atoms with Crippen LogP contribution < -0.4 is 5.73 Å². The van der Waals surface area contributed by atoms with E-state index in [0.717, 1.165) is 6.07 Å². The quantitative estimate of drug-likeness (QED) is 0.705. The summed E-state index contributed by atoms with van der Waals surface area (Å²) in [6.07, 6.45) is 1.31. The van der Waals surface area contributed by atoms with E-state index in [2.05, 4.69) is 4.74 Å². The molecule has 0 unspecified atom stereocenters. The second-order valence-corrected chi connectivity index (χ2v) is 3.95. The second kappa shape index (κ2) is 4.85. The first-order valence-corrected chi connectivity index (χ1v) is 5.51. The van der Waals surface area contributed by atoms with Gasteiger partial charge >= 0.3 is 5.97 Å². The maximum Gasteiger partial charge on any atom is 0.357 e. The number of aromatic nitrogens is 1. The fourth-order valence-electron chi connectivity index (χ4n) is 1.82. The van der Waals surface area contributed by atoms with Gasteiger partial charge in [-0.3, -0.25) is 0 Å². The first kappa shape index (κ1) is 13.3. The number of phenolic OH excluding ortho intramolecular Hbond substituents is 2. The van der Waals surface area contributed by atoms with Gasteiger partial charge in [-0.05, 0) is 12.1 Å². The van der Waals surface area contributed by atoms with Gasteiger partial charge in [0.15, 0.2) is 5.69 Å². The largest absolute Gasteiger partial charge is 0.508 e. The number of methoxy groups -OCH3 is 1. The molecule has 1 aromatic carbocycles. The van der Waals surface area contributed by atoms with E-state index in [0.29, 0.717) is 0 Å². The number of hydrogen-bond donors (Lipinski definition) is 3. The van der Waals surface area contributed by atoms with Crippen molar-refractivity contribution in [3.8, 4) is 23.3 Å². The minimum Gasteiger partial charge on any atom is -0.508 e. The molecule has 0 aliphatic rings. The fraction of sp³-hybridized carbons (Fsp3) is 0.0769. The van der Waals surface area contributed by atoms with Crippen molar-refractivity contribution >= 4 is 11.7 Å². The number of anilines is 1. The highest BCUT2D eigenvalue weighted by atomic mass is 16.5. The number of nitrogens with two attached hydrogens (primary N) is 1. The minimum absolute atomic E-state index is 0.0353. The summed E-state index contributed by atoms with van der Waals surface area (Å²) in [4.78, 5) is 11.8. The normalized spacial score (nSPS) is 10.0. The van der Waals surface area contributed by atoms with Gasteiger partial charge in [0.25, 0.3) is 0 Å². The summed E-state index contributed by atoms with van der Waals surface area (Å²) in [6, 6.07) is 5.68. The van der Waals surface area contributed by atoms with Crippen molar-refractivity contribution in [2.75, 3.05) is 12.8 Å². The van der Waals surface area contributed by atoms with Crippen LogP contribution in [0, 0.1) is 11.3 Å². The second-order valence-electron chi connectivity index (χ2n) is 3.95. The Balaban J connectivity index is 2.74. The van der Waals surface area contributed by atoms with Crippen LogP contribution in [0.1, 0.15) is 16.1 Å². The first-order chi connectivity index (χ1) is 9.49. The first-order valence-electron chi connectivity index (χ1n) is 5.51. The number of benzene rings is 1. The molecule has 0 fully saturated rings. The van der Waals surface area contributed by atoms with Crippen LogP contribution in [-0.4, -0.2) is 27.9 Å². The Morgan fingerprint density at radius 1 is 1.45 bits per heavy atom. The lowest BCUT2D eigenvalue weighted by Crippen LogP contribution is -2.11. The van der Waals surface area contributed by atoms with Crippen LogP contribution in [-0.2, 0) is 4.74 Å². The number of esters is 1. The predicted molar refractivity (Wildman–Crippen MR) is 69.6 cm³/mol. The van der Waals surface area contributed by atoms with Crippen molar-refractivity contribution in [2.45, 2.75) is 0 Å². The summed E-state index contributed by atoms with van der Waals surface area (Å²) in [5.74, 6) is -1.14. The molecular weight excluding hydrogens is 262 g/mol. The summed E-state index contributed by atoms with van der Waals surface area (Å²) < 4.78 is 5.87. The Morgan fingerprint density at radius 2 is 2.15 bits per heavy atom. The van der Waals surface area contributed by atoms with E-state index in [9.17, 15) is 15.0 Å². The number of nitriles is 1. The molecule has 7 heteroatoms. The van der Waals surface area contributed by atoms with Crippen LogP contribution in [0.4, 0.5) is 5.69 Å². The Morgan fingerprint density at radius 3 is 2.70 bits per heavy atom. The maximum atomic E-state index is 11.8. The van der Waals surface area contributed by atoms with Gasteiger partial charge in [0.05, 0.1) is 24.0 Å². The topological polar surface area (TPSA) is 122 Å². The predicted octanol–water partition coefficient (Wildman–Crippen LogP) is 1.13. The Labute approximate surface area is 114 Å². The van der Waals surface area contributed by atoms with Crippen LogP contribution in [0.2, 0.25) is 0 Å². The molecule has 7 nitrogen and oxygen atoms in total. The van der Waals surface area contributed by atoms with Crippen molar-refractivity contribution in [1.82, 2.24) is 4.57 Å². The highest BCUT2D eigenvalue weighted by Gasteiger charge is 2.22. The van der Waals surface area contributed by atoms with E-state index in [1.54, 1.807) is 0 Å². The number of hydrogen-bond acceptors (Lipinski definition) is 6. The molecule has 0 aliphatic heterocycles. The molecule has 0 atom stereocenters. The van der Waals surface area contributed by atoms with Gasteiger partial charge in [0, 0.05) is 12.3 Å². The standard InChI is InChI=1S/C13H11N3O4/c1-20-13(19)12-11(15)7(5-14)6-16(12)9-3-2-8(17)4-10(9)18/h2-4,6,17-18H,15H2,1H3. The number of ether oxygens (including phenoxy) is 1. The third-order valence-corrected chi connectivity index (χ3v) is 2.76.